The lowest BCUT2D eigenvalue weighted by Gasteiger charge is -2.34. The van der Waals surface area contributed by atoms with E-state index in [0.717, 1.165) is 6.20 Å². The van der Waals surface area contributed by atoms with E-state index in [1.807, 2.05) is 0 Å². The molecule has 0 fully saturated rings. The minimum absolute atomic E-state index is 0.00223. The first-order valence-electron chi connectivity index (χ1n) is 7.68. The maximum Gasteiger partial charge on any atom is 0.163 e. The molecule has 6 nitrogen and oxygen atoms in total. The van der Waals surface area contributed by atoms with E-state index in [2.05, 4.69) is 20.1 Å². The van der Waals surface area contributed by atoms with E-state index in [-0.39, 0.29) is 17.8 Å². The van der Waals surface area contributed by atoms with Gasteiger partial charge >= 0.3 is 0 Å². The molecule has 0 amide bonds. The van der Waals surface area contributed by atoms with Gasteiger partial charge in [-0.1, -0.05) is 19.1 Å². The summed E-state index contributed by atoms with van der Waals surface area (Å²) < 4.78 is 30.2. The van der Waals surface area contributed by atoms with Gasteiger partial charge < -0.3 is 5.11 Å². The zero-order valence-corrected chi connectivity index (χ0v) is 13.8. The van der Waals surface area contributed by atoms with Gasteiger partial charge in [0.25, 0.3) is 0 Å². The van der Waals surface area contributed by atoms with E-state index in [9.17, 15) is 13.9 Å². The molecule has 0 radical (unpaired) electrons. The fraction of sp³-hybridized carbons (Fsp3) is 0.294. The van der Waals surface area contributed by atoms with Crippen molar-refractivity contribution >= 4 is 0 Å². The Labute approximate surface area is 143 Å². The molecule has 0 unspecified atom stereocenters. The lowest BCUT2D eigenvalue weighted by Crippen LogP contribution is -2.39. The molecule has 130 valence electrons. The molecule has 8 heteroatoms. The molecule has 2 aromatic heterocycles. The van der Waals surface area contributed by atoms with E-state index in [0.29, 0.717) is 5.56 Å². The molecule has 2 atom stereocenters. The summed E-state index contributed by atoms with van der Waals surface area (Å²) in [7, 11) is 0. The Kier molecular flexibility index (Phi) is 4.54. The second-order valence-electron chi connectivity index (χ2n) is 5.98. The minimum Gasteiger partial charge on any atom is -0.382 e. The Bertz CT molecular complexity index is 871. The lowest BCUT2D eigenvalue weighted by molar-refractivity contribution is -0.0133. The molecule has 2 heterocycles. The van der Waals surface area contributed by atoms with Crippen LogP contribution in [-0.4, -0.2) is 29.8 Å². The van der Waals surface area contributed by atoms with Crippen LogP contribution in [0.5, 0.6) is 0 Å². The van der Waals surface area contributed by atoms with Crippen LogP contribution < -0.4 is 0 Å². The van der Waals surface area contributed by atoms with Gasteiger partial charge in [0.1, 0.15) is 30.4 Å². The van der Waals surface area contributed by atoms with E-state index in [1.54, 1.807) is 19.9 Å². The number of rotatable bonds is 5. The van der Waals surface area contributed by atoms with Crippen molar-refractivity contribution < 1.29 is 13.9 Å². The number of hydrogen-bond acceptors (Lipinski definition) is 5. The summed E-state index contributed by atoms with van der Waals surface area (Å²) in [6.45, 7) is 3.22. The predicted molar refractivity (Wildman–Crippen MR) is 85.5 cm³/mol. The Hall–Kier alpha value is -2.74. The monoisotopic (exact) mass is 345 g/mol. The van der Waals surface area contributed by atoms with E-state index in [1.165, 1.54) is 35.8 Å². The van der Waals surface area contributed by atoms with Crippen molar-refractivity contribution in [2.45, 2.75) is 31.9 Å². The van der Waals surface area contributed by atoms with Crippen LogP contribution in [0, 0.1) is 18.6 Å². The van der Waals surface area contributed by atoms with Crippen LogP contribution in [0.2, 0.25) is 0 Å². The van der Waals surface area contributed by atoms with Crippen LogP contribution in [0.1, 0.15) is 29.7 Å². The van der Waals surface area contributed by atoms with Crippen molar-refractivity contribution in [3.63, 3.8) is 0 Å². The van der Waals surface area contributed by atoms with Gasteiger partial charge in [-0.15, -0.1) is 0 Å². The third kappa shape index (κ3) is 3.25. The second kappa shape index (κ2) is 6.64. The lowest BCUT2D eigenvalue weighted by atomic mass is 9.79. The van der Waals surface area contributed by atoms with E-state index >= 15 is 0 Å². The Morgan fingerprint density at radius 1 is 1.20 bits per heavy atom. The van der Waals surface area contributed by atoms with Gasteiger partial charge in [-0.3, -0.25) is 0 Å². The SMILES string of the molecule is Cc1ccc([C@@](O)(Cn2cncn2)[C@@H](C)c2ncncc2F)c(F)c1. The molecule has 0 spiro atoms. The summed E-state index contributed by atoms with van der Waals surface area (Å²) in [4.78, 5) is 11.4. The summed E-state index contributed by atoms with van der Waals surface area (Å²) in [6.07, 6.45) is 4.92. The molecular formula is C17H17F2N5O. The second-order valence-corrected chi connectivity index (χ2v) is 5.98. The van der Waals surface area contributed by atoms with Crippen molar-refractivity contribution in [3.8, 4) is 0 Å². The van der Waals surface area contributed by atoms with Crippen LogP contribution in [0.4, 0.5) is 8.78 Å². The molecule has 0 aliphatic rings. The number of hydrogen-bond donors (Lipinski definition) is 1. The molecule has 25 heavy (non-hydrogen) atoms. The molecule has 3 rings (SSSR count). The van der Waals surface area contributed by atoms with Gasteiger partial charge in [0.15, 0.2) is 5.82 Å². The average molecular weight is 345 g/mol. The van der Waals surface area contributed by atoms with Crippen LogP contribution in [0.3, 0.4) is 0 Å². The summed E-state index contributed by atoms with van der Waals surface area (Å²) in [6, 6.07) is 4.51. The maximum absolute atomic E-state index is 14.6. The Morgan fingerprint density at radius 2 is 2.00 bits per heavy atom. The van der Waals surface area contributed by atoms with Crippen LogP contribution in [0.15, 0.2) is 43.4 Å². The maximum atomic E-state index is 14.6. The first-order chi connectivity index (χ1) is 11.9. The summed E-state index contributed by atoms with van der Waals surface area (Å²) in [5.74, 6) is -2.11. The third-order valence-electron chi connectivity index (χ3n) is 4.28. The van der Waals surface area contributed by atoms with Crippen LogP contribution >= 0.6 is 0 Å². The van der Waals surface area contributed by atoms with Gasteiger partial charge in [0.2, 0.25) is 0 Å². The zero-order valence-electron chi connectivity index (χ0n) is 13.8. The number of aromatic nitrogens is 5. The number of benzene rings is 1. The van der Waals surface area contributed by atoms with Crippen molar-refractivity contribution in [1.29, 1.82) is 0 Å². The Morgan fingerprint density at radius 3 is 2.64 bits per heavy atom. The third-order valence-corrected chi connectivity index (χ3v) is 4.28. The molecule has 1 N–H and O–H groups in total. The molecular weight excluding hydrogens is 328 g/mol. The first kappa shape index (κ1) is 17.1. The highest BCUT2D eigenvalue weighted by Crippen LogP contribution is 2.39. The normalized spacial score (nSPS) is 14.9. The summed E-state index contributed by atoms with van der Waals surface area (Å²) in [5.41, 5.74) is -1.04. The molecule has 1 aromatic carbocycles. The highest BCUT2D eigenvalue weighted by molar-refractivity contribution is 5.32. The fourth-order valence-corrected chi connectivity index (χ4v) is 2.85. The van der Waals surface area contributed by atoms with Crippen LogP contribution in [-0.2, 0) is 12.1 Å². The molecule has 0 aliphatic carbocycles. The first-order valence-corrected chi connectivity index (χ1v) is 7.68. The highest BCUT2D eigenvalue weighted by atomic mass is 19.1. The average Bonchev–Trinajstić information content (AvgIpc) is 3.07. The summed E-state index contributed by atoms with van der Waals surface area (Å²) in [5, 5.41) is 15.4. The van der Waals surface area contributed by atoms with Crippen LogP contribution in [0.25, 0.3) is 0 Å². The largest absolute Gasteiger partial charge is 0.382 e. The zero-order chi connectivity index (χ0) is 18.0. The molecule has 0 aliphatic heterocycles. The van der Waals surface area contributed by atoms with Crippen molar-refractivity contribution in [2.24, 2.45) is 0 Å². The van der Waals surface area contributed by atoms with Gasteiger partial charge in [-0.05, 0) is 18.6 Å². The van der Waals surface area contributed by atoms with Crippen molar-refractivity contribution in [2.75, 3.05) is 0 Å². The quantitative estimate of drug-likeness (QED) is 0.768. The number of halogens is 2. The Balaban J connectivity index is 2.13. The standard InChI is InChI=1S/C17H17F2N5O/c1-11-3-4-13(14(18)5-11)17(25,7-24-10-21-9-23-24)12(2)16-15(19)6-20-8-22-16/h3-6,8-10,12,25H,7H2,1-2H3/t12-,17+/m0/s1. The summed E-state index contributed by atoms with van der Waals surface area (Å²) >= 11 is 0. The van der Waals surface area contributed by atoms with Gasteiger partial charge in [0.05, 0.1) is 18.4 Å². The fourth-order valence-electron chi connectivity index (χ4n) is 2.85. The predicted octanol–water partition coefficient (Wildman–Crippen LogP) is 2.35. The number of aryl methyl sites for hydroxylation is 1. The molecule has 0 bridgehead atoms. The topological polar surface area (TPSA) is 76.7 Å². The number of nitrogens with zero attached hydrogens (tertiary/aromatic N) is 5. The molecule has 3 aromatic rings. The van der Waals surface area contributed by atoms with E-state index in [4.69, 9.17) is 0 Å². The van der Waals surface area contributed by atoms with Gasteiger partial charge in [0, 0.05) is 11.5 Å². The molecule has 0 saturated heterocycles. The number of aliphatic hydroxyl groups is 1. The van der Waals surface area contributed by atoms with Crippen molar-refractivity contribution in [3.05, 3.63) is 71.8 Å². The van der Waals surface area contributed by atoms with Crippen molar-refractivity contribution in [1.82, 2.24) is 24.7 Å². The van der Waals surface area contributed by atoms with Gasteiger partial charge in [-0.25, -0.2) is 28.4 Å². The molecule has 0 saturated carbocycles. The smallest absolute Gasteiger partial charge is 0.163 e. The highest BCUT2D eigenvalue weighted by Gasteiger charge is 2.41. The minimum atomic E-state index is -1.79. The van der Waals surface area contributed by atoms with E-state index < -0.39 is 23.2 Å². The van der Waals surface area contributed by atoms with Gasteiger partial charge in [-0.2, -0.15) is 5.10 Å².